The van der Waals surface area contributed by atoms with Gasteiger partial charge < -0.3 is 10.4 Å². The molecule has 6 nitrogen and oxygen atoms in total. The molecule has 2 aromatic carbocycles. The molecular formula is C14H11FN2O4. The summed E-state index contributed by atoms with van der Waals surface area (Å²) in [4.78, 5) is 21.5. The molecule has 0 aliphatic carbocycles. The largest absolute Gasteiger partial charge is 0.478 e. The van der Waals surface area contributed by atoms with Gasteiger partial charge in [0, 0.05) is 11.8 Å². The third-order valence-electron chi connectivity index (χ3n) is 2.91. The Kier molecular flexibility index (Phi) is 3.84. The Morgan fingerprint density at radius 1 is 1.33 bits per heavy atom. The number of aryl methyl sites for hydroxylation is 1. The summed E-state index contributed by atoms with van der Waals surface area (Å²) in [6.07, 6.45) is 0. The van der Waals surface area contributed by atoms with Crippen molar-refractivity contribution < 1.29 is 19.2 Å². The highest BCUT2D eigenvalue weighted by atomic mass is 19.1. The molecule has 0 bridgehead atoms. The number of rotatable bonds is 4. The number of nitro groups is 1. The summed E-state index contributed by atoms with van der Waals surface area (Å²) >= 11 is 0. The molecule has 0 saturated heterocycles. The number of anilines is 2. The van der Waals surface area contributed by atoms with Crippen LogP contribution < -0.4 is 5.32 Å². The van der Waals surface area contributed by atoms with Gasteiger partial charge in [0.2, 0.25) is 0 Å². The van der Waals surface area contributed by atoms with Gasteiger partial charge in [0.1, 0.15) is 11.5 Å². The molecule has 0 radical (unpaired) electrons. The summed E-state index contributed by atoms with van der Waals surface area (Å²) in [7, 11) is 0. The summed E-state index contributed by atoms with van der Waals surface area (Å²) in [5.41, 5.74) is -0.184. The average Bonchev–Trinajstić information content (AvgIpc) is 2.42. The number of para-hydroxylation sites is 1. The minimum Gasteiger partial charge on any atom is -0.478 e. The third kappa shape index (κ3) is 2.97. The first-order valence-corrected chi connectivity index (χ1v) is 5.94. The Morgan fingerprint density at radius 3 is 2.62 bits per heavy atom. The predicted octanol–water partition coefficient (Wildman–Crippen LogP) is 3.48. The monoisotopic (exact) mass is 290 g/mol. The van der Waals surface area contributed by atoms with Crippen molar-refractivity contribution >= 4 is 23.0 Å². The van der Waals surface area contributed by atoms with Crippen LogP contribution >= 0.6 is 0 Å². The van der Waals surface area contributed by atoms with Gasteiger partial charge in [-0.15, -0.1) is 0 Å². The number of aromatic carboxylic acids is 1. The lowest BCUT2D eigenvalue weighted by Gasteiger charge is -2.10. The highest BCUT2D eigenvalue weighted by molar-refractivity contribution is 5.98. The van der Waals surface area contributed by atoms with Crippen LogP contribution in [0.2, 0.25) is 0 Å². The van der Waals surface area contributed by atoms with Crippen molar-refractivity contribution in [1.29, 1.82) is 0 Å². The number of carbonyl (C=O) groups is 1. The van der Waals surface area contributed by atoms with Crippen LogP contribution in [0.3, 0.4) is 0 Å². The van der Waals surface area contributed by atoms with Crippen molar-refractivity contribution in [3.63, 3.8) is 0 Å². The number of halogens is 1. The van der Waals surface area contributed by atoms with Gasteiger partial charge in [-0.1, -0.05) is 12.1 Å². The van der Waals surface area contributed by atoms with E-state index in [2.05, 4.69) is 5.32 Å². The molecule has 0 amide bonds. The first-order chi connectivity index (χ1) is 9.90. The van der Waals surface area contributed by atoms with E-state index < -0.39 is 22.4 Å². The molecule has 0 aliphatic rings. The Morgan fingerprint density at radius 2 is 2.05 bits per heavy atom. The summed E-state index contributed by atoms with van der Waals surface area (Å²) in [6.45, 7) is 1.58. The molecule has 0 fully saturated rings. The lowest BCUT2D eigenvalue weighted by Crippen LogP contribution is -2.06. The average molecular weight is 290 g/mol. The van der Waals surface area contributed by atoms with Gasteiger partial charge in [0.15, 0.2) is 0 Å². The molecule has 0 saturated carbocycles. The van der Waals surface area contributed by atoms with E-state index in [4.69, 9.17) is 5.11 Å². The second kappa shape index (κ2) is 5.58. The van der Waals surface area contributed by atoms with Gasteiger partial charge in [0.05, 0.1) is 10.5 Å². The fourth-order valence-corrected chi connectivity index (χ4v) is 1.82. The second-order valence-corrected chi connectivity index (χ2v) is 4.35. The molecule has 0 aromatic heterocycles. The molecule has 7 heteroatoms. The van der Waals surface area contributed by atoms with Crippen LogP contribution in [-0.4, -0.2) is 16.0 Å². The van der Waals surface area contributed by atoms with Crippen molar-refractivity contribution in [2.24, 2.45) is 0 Å². The molecule has 0 spiro atoms. The maximum Gasteiger partial charge on any atom is 0.338 e. The summed E-state index contributed by atoms with van der Waals surface area (Å²) in [5, 5.41) is 22.7. The zero-order valence-corrected chi connectivity index (χ0v) is 11.0. The van der Waals surface area contributed by atoms with Gasteiger partial charge in [-0.05, 0) is 30.7 Å². The summed E-state index contributed by atoms with van der Waals surface area (Å²) in [5.74, 6) is -1.80. The van der Waals surface area contributed by atoms with Gasteiger partial charge >= 0.3 is 5.97 Å². The van der Waals surface area contributed by atoms with Gasteiger partial charge in [0.25, 0.3) is 5.69 Å². The fourth-order valence-electron chi connectivity index (χ4n) is 1.82. The number of carboxylic acid groups (broad SMARTS) is 1. The smallest absolute Gasteiger partial charge is 0.338 e. The molecule has 0 atom stereocenters. The van der Waals surface area contributed by atoms with Crippen molar-refractivity contribution in [2.75, 3.05) is 5.32 Å². The van der Waals surface area contributed by atoms with E-state index in [1.54, 1.807) is 6.92 Å². The van der Waals surface area contributed by atoms with Crippen molar-refractivity contribution in [1.82, 2.24) is 0 Å². The van der Waals surface area contributed by atoms with E-state index in [1.807, 2.05) is 0 Å². The quantitative estimate of drug-likeness (QED) is 0.664. The van der Waals surface area contributed by atoms with E-state index >= 15 is 0 Å². The highest BCUT2D eigenvalue weighted by Crippen LogP contribution is 2.31. The Labute approximate surface area is 119 Å². The first-order valence-electron chi connectivity index (χ1n) is 5.94. The predicted molar refractivity (Wildman–Crippen MR) is 74.5 cm³/mol. The Balaban J connectivity index is 2.53. The molecular weight excluding hydrogens is 279 g/mol. The normalized spacial score (nSPS) is 10.2. The van der Waals surface area contributed by atoms with Crippen LogP contribution in [0.25, 0.3) is 0 Å². The number of nitrogens with one attached hydrogen (secondary N) is 1. The SMILES string of the molecule is Cc1ccc(Nc2c(C(=O)O)cccc2[N+](=O)[O-])cc1F. The fraction of sp³-hybridized carbons (Fsp3) is 0.0714. The number of nitro benzene ring substituents is 1. The molecule has 0 aliphatic heterocycles. The molecule has 108 valence electrons. The van der Waals surface area contributed by atoms with E-state index in [1.165, 1.54) is 30.3 Å². The van der Waals surface area contributed by atoms with E-state index in [9.17, 15) is 19.3 Å². The zero-order valence-electron chi connectivity index (χ0n) is 11.0. The lowest BCUT2D eigenvalue weighted by atomic mass is 10.1. The highest BCUT2D eigenvalue weighted by Gasteiger charge is 2.21. The van der Waals surface area contributed by atoms with E-state index in [0.29, 0.717) is 5.56 Å². The minimum atomic E-state index is -1.31. The zero-order chi connectivity index (χ0) is 15.6. The molecule has 2 aromatic rings. The molecule has 0 unspecified atom stereocenters. The van der Waals surface area contributed by atoms with Crippen LogP contribution in [0.5, 0.6) is 0 Å². The van der Waals surface area contributed by atoms with Crippen LogP contribution in [0.15, 0.2) is 36.4 Å². The van der Waals surface area contributed by atoms with Crippen molar-refractivity contribution in [3.05, 3.63) is 63.5 Å². The number of nitrogens with zero attached hydrogens (tertiary/aromatic N) is 1. The van der Waals surface area contributed by atoms with Gasteiger partial charge in [-0.2, -0.15) is 0 Å². The lowest BCUT2D eigenvalue weighted by molar-refractivity contribution is -0.383. The van der Waals surface area contributed by atoms with Crippen LogP contribution in [0.4, 0.5) is 21.5 Å². The number of hydrogen-bond donors (Lipinski definition) is 2. The number of benzene rings is 2. The number of carboxylic acids is 1. The summed E-state index contributed by atoms with van der Waals surface area (Å²) < 4.78 is 13.5. The van der Waals surface area contributed by atoms with E-state index in [0.717, 1.165) is 6.07 Å². The second-order valence-electron chi connectivity index (χ2n) is 4.35. The summed E-state index contributed by atoms with van der Waals surface area (Å²) in [6, 6.07) is 7.86. The Hall–Kier alpha value is -2.96. The van der Waals surface area contributed by atoms with Crippen LogP contribution in [0.1, 0.15) is 15.9 Å². The van der Waals surface area contributed by atoms with Gasteiger partial charge in [-0.3, -0.25) is 10.1 Å². The first kappa shape index (κ1) is 14.4. The molecule has 2 N–H and O–H groups in total. The maximum atomic E-state index is 13.5. The minimum absolute atomic E-state index is 0.182. The standard InChI is InChI=1S/C14H11FN2O4/c1-8-5-6-9(7-11(8)15)16-13-10(14(18)19)3-2-4-12(13)17(20)21/h2-7,16H,1H3,(H,18,19). The Bertz CT molecular complexity index is 699. The number of hydrogen-bond acceptors (Lipinski definition) is 4. The van der Waals surface area contributed by atoms with Crippen LogP contribution in [0, 0.1) is 22.9 Å². The van der Waals surface area contributed by atoms with Crippen molar-refractivity contribution in [3.8, 4) is 0 Å². The van der Waals surface area contributed by atoms with E-state index in [-0.39, 0.29) is 16.9 Å². The molecule has 2 rings (SSSR count). The van der Waals surface area contributed by atoms with Gasteiger partial charge in [-0.25, -0.2) is 9.18 Å². The van der Waals surface area contributed by atoms with Crippen LogP contribution in [-0.2, 0) is 0 Å². The topological polar surface area (TPSA) is 92.5 Å². The molecule has 0 heterocycles. The molecule has 21 heavy (non-hydrogen) atoms. The van der Waals surface area contributed by atoms with Crippen molar-refractivity contribution in [2.45, 2.75) is 6.92 Å². The third-order valence-corrected chi connectivity index (χ3v) is 2.91. The maximum absolute atomic E-state index is 13.5.